The maximum Gasteiger partial charge on any atom is 0.230 e. The number of hydrogen-bond acceptors (Lipinski definition) is 4. The van der Waals surface area contributed by atoms with Crippen molar-refractivity contribution in [2.75, 3.05) is 21.3 Å². The smallest absolute Gasteiger partial charge is 0.230 e. The predicted molar refractivity (Wildman–Crippen MR) is 79.6 cm³/mol. The van der Waals surface area contributed by atoms with Crippen molar-refractivity contribution in [3.8, 4) is 0 Å². The van der Waals surface area contributed by atoms with Crippen LogP contribution in [0.3, 0.4) is 0 Å². The Balaban J connectivity index is 2.35. The molecule has 2 rings (SSSR count). The van der Waals surface area contributed by atoms with E-state index in [-0.39, 0.29) is 17.6 Å². The van der Waals surface area contributed by atoms with E-state index < -0.39 is 5.79 Å². The molecule has 0 fully saturated rings. The molecule has 0 heterocycles. The van der Waals surface area contributed by atoms with Crippen LogP contribution >= 0.6 is 0 Å². The van der Waals surface area contributed by atoms with Gasteiger partial charge in [-0.05, 0) is 12.0 Å². The molecule has 1 aliphatic rings. The molecule has 0 saturated carbocycles. The maximum absolute atomic E-state index is 12.4. The fraction of sp³-hybridized carbons (Fsp3) is 0.471. The second-order valence-electron chi connectivity index (χ2n) is 5.28. The van der Waals surface area contributed by atoms with Crippen LogP contribution in [0.15, 0.2) is 42.2 Å². The third kappa shape index (κ3) is 2.74. The minimum atomic E-state index is -1.01. The summed E-state index contributed by atoms with van der Waals surface area (Å²) in [6, 6.07) is 9.97. The Hall–Kier alpha value is -1.65. The quantitative estimate of drug-likeness (QED) is 0.782. The summed E-state index contributed by atoms with van der Waals surface area (Å²) < 4.78 is 16.5. The van der Waals surface area contributed by atoms with Crippen molar-refractivity contribution >= 4 is 5.78 Å². The van der Waals surface area contributed by atoms with Gasteiger partial charge in [0.1, 0.15) is 0 Å². The van der Waals surface area contributed by atoms with Gasteiger partial charge in [-0.25, -0.2) is 0 Å². The van der Waals surface area contributed by atoms with Crippen LogP contribution in [0.25, 0.3) is 0 Å². The first-order chi connectivity index (χ1) is 10.1. The molecule has 21 heavy (non-hydrogen) atoms. The molecule has 1 aromatic carbocycles. The predicted octanol–water partition coefficient (Wildman–Crippen LogP) is 2.58. The molecule has 0 aromatic heterocycles. The number of hydrogen-bond donors (Lipinski definition) is 0. The Bertz CT molecular complexity index is 517. The zero-order valence-electron chi connectivity index (χ0n) is 13.0. The Kier molecular flexibility index (Phi) is 4.80. The molecule has 0 aliphatic heterocycles. The van der Waals surface area contributed by atoms with Crippen molar-refractivity contribution in [2.45, 2.75) is 19.1 Å². The molecule has 0 bridgehead atoms. The van der Waals surface area contributed by atoms with Gasteiger partial charge >= 0.3 is 0 Å². The van der Waals surface area contributed by atoms with Gasteiger partial charge in [0.25, 0.3) is 0 Å². The SMILES string of the molecule is COC1=CC(=O)C(Cc2ccccc2)C(C)C1(OC)OC. The monoisotopic (exact) mass is 290 g/mol. The fourth-order valence-corrected chi connectivity index (χ4v) is 3.08. The van der Waals surface area contributed by atoms with Crippen LogP contribution in [0.5, 0.6) is 0 Å². The van der Waals surface area contributed by atoms with Gasteiger partial charge in [0.05, 0.1) is 7.11 Å². The molecule has 114 valence electrons. The average molecular weight is 290 g/mol. The van der Waals surface area contributed by atoms with E-state index in [0.717, 1.165) is 5.56 Å². The van der Waals surface area contributed by atoms with Gasteiger partial charge in [-0.3, -0.25) is 4.79 Å². The van der Waals surface area contributed by atoms with Crippen LogP contribution in [0, 0.1) is 11.8 Å². The van der Waals surface area contributed by atoms with Crippen molar-refractivity contribution in [1.82, 2.24) is 0 Å². The molecule has 2 unspecified atom stereocenters. The molecular formula is C17H22O4. The van der Waals surface area contributed by atoms with Gasteiger partial charge in [-0.15, -0.1) is 0 Å². The summed E-state index contributed by atoms with van der Waals surface area (Å²) in [5, 5.41) is 0. The summed E-state index contributed by atoms with van der Waals surface area (Å²) in [7, 11) is 4.67. The molecular weight excluding hydrogens is 268 g/mol. The normalized spacial score (nSPS) is 24.6. The zero-order valence-corrected chi connectivity index (χ0v) is 13.0. The lowest BCUT2D eigenvalue weighted by Crippen LogP contribution is -2.51. The summed E-state index contributed by atoms with van der Waals surface area (Å²) >= 11 is 0. The summed E-state index contributed by atoms with van der Waals surface area (Å²) in [4.78, 5) is 12.4. The van der Waals surface area contributed by atoms with Crippen LogP contribution in [-0.2, 0) is 25.4 Å². The topological polar surface area (TPSA) is 44.8 Å². The number of methoxy groups -OCH3 is 3. The van der Waals surface area contributed by atoms with Gasteiger partial charge in [-0.1, -0.05) is 37.3 Å². The van der Waals surface area contributed by atoms with Gasteiger partial charge in [0.2, 0.25) is 5.79 Å². The molecule has 4 nitrogen and oxygen atoms in total. The third-order valence-electron chi connectivity index (χ3n) is 4.31. The molecule has 2 atom stereocenters. The summed E-state index contributed by atoms with van der Waals surface area (Å²) in [5.41, 5.74) is 1.12. The van der Waals surface area contributed by atoms with E-state index in [1.807, 2.05) is 37.3 Å². The van der Waals surface area contributed by atoms with Gasteiger partial charge < -0.3 is 14.2 Å². The van der Waals surface area contributed by atoms with E-state index >= 15 is 0 Å². The van der Waals surface area contributed by atoms with E-state index in [2.05, 4.69) is 0 Å². The number of ether oxygens (including phenoxy) is 3. The van der Waals surface area contributed by atoms with E-state index in [9.17, 15) is 4.79 Å². The highest BCUT2D eigenvalue weighted by Gasteiger charge is 2.50. The number of carbonyl (C=O) groups is 1. The molecule has 0 amide bonds. The number of allylic oxidation sites excluding steroid dienone is 1. The van der Waals surface area contributed by atoms with E-state index in [1.54, 1.807) is 14.2 Å². The molecule has 0 radical (unpaired) electrons. The Labute approximate surface area is 125 Å². The van der Waals surface area contributed by atoms with Gasteiger partial charge in [-0.2, -0.15) is 0 Å². The number of carbonyl (C=O) groups excluding carboxylic acids is 1. The Morgan fingerprint density at radius 1 is 1.10 bits per heavy atom. The molecule has 0 saturated heterocycles. The van der Waals surface area contributed by atoms with E-state index in [1.165, 1.54) is 13.2 Å². The summed E-state index contributed by atoms with van der Waals surface area (Å²) in [5.74, 6) is -0.893. The van der Waals surface area contributed by atoms with Crippen molar-refractivity contribution < 1.29 is 19.0 Å². The first-order valence-corrected chi connectivity index (χ1v) is 7.03. The number of ketones is 1. The van der Waals surface area contributed by atoms with E-state index in [4.69, 9.17) is 14.2 Å². The average Bonchev–Trinajstić information content (AvgIpc) is 2.52. The standard InChI is InChI=1S/C17H22O4/c1-12-14(10-13-8-6-5-7-9-13)15(18)11-16(19-2)17(12,20-3)21-4/h5-9,11-12,14H,10H2,1-4H3. The highest BCUT2D eigenvalue weighted by molar-refractivity contribution is 5.94. The number of rotatable bonds is 5. The fourth-order valence-electron chi connectivity index (χ4n) is 3.08. The van der Waals surface area contributed by atoms with Crippen LogP contribution in [0.2, 0.25) is 0 Å². The molecule has 0 N–H and O–H groups in total. The van der Waals surface area contributed by atoms with Gasteiger partial charge in [0, 0.05) is 32.1 Å². The minimum Gasteiger partial charge on any atom is -0.495 e. The van der Waals surface area contributed by atoms with Crippen molar-refractivity contribution in [1.29, 1.82) is 0 Å². The lowest BCUT2D eigenvalue weighted by Gasteiger charge is -2.42. The molecule has 1 aromatic rings. The highest BCUT2D eigenvalue weighted by Crippen LogP contribution is 2.41. The minimum absolute atomic E-state index is 0.0490. The van der Waals surface area contributed by atoms with Crippen LogP contribution in [0.4, 0.5) is 0 Å². The van der Waals surface area contributed by atoms with E-state index in [0.29, 0.717) is 12.2 Å². The maximum atomic E-state index is 12.4. The Morgan fingerprint density at radius 3 is 2.24 bits per heavy atom. The Morgan fingerprint density at radius 2 is 1.71 bits per heavy atom. The van der Waals surface area contributed by atoms with Gasteiger partial charge in [0.15, 0.2) is 11.5 Å². The summed E-state index contributed by atoms with van der Waals surface area (Å²) in [6.45, 7) is 1.96. The van der Waals surface area contributed by atoms with Crippen LogP contribution < -0.4 is 0 Å². The van der Waals surface area contributed by atoms with Crippen molar-refractivity contribution in [3.05, 3.63) is 47.7 Å². The zero-order chi connectivity index (χ0) is 15.5. The summed E-state index contributed by atoms with van der Waals surface area (Å²) in [6.07, 6.45) is 2.16. The lowest BCUT2D eigenvalue weighted by molar-refractivity contribution is -0.241. The lowest BCUT2D eigenvalue weighted by atomic mass is 9.75. The second kappa shape index (κ2) is 6.41. The van der Waals surface area contributed by atoms with Crippen molar-refractivity contribution in [2.24, 2.45) is 11.8 Å². The van der Waals surface area contributed by atoms with Crippen molar-refractivity contribution in [3.63, 3.8) is 0 Å². The van der Waals surface area contributed by atoms with Crippen LogP contribution in [0.1, 0.15) is 12.5 Å². The first kappa shape index (κ1) is 15.7. The number of benzene rings is 1. The van der Waals surface area contributed by atoms with Crippen LogP contribution in [-0.4, -0.2) is 32.9 Å². The molecule has 1 aliphatic carbocycles. The second-order valence-corrected chi connectivity index (χ2v) is 5.28. The first-order valence-electron chi connectivity index (χ1n) is 7.03. The molecule has 4 heteroatoms. The highest BCUT2D eigenvalue weighted by atomic mass is 16.7. The third-order valence-corrected chi connectivity index (χ3v) is 4.31. The largest absolute Gasteiger partial charge is 0.495 e. The molecule has 0 spiro atoms.